The number of hydrogen-bond donors (Lipinski definition) is 1. The molecule has 1 aliphatic rings. The highest BCUT2D eigenvalue weighted by Gasteiger charge is 2.35. The lowest BCUT2D eigenvalue weighted by Crippen LogP contribution is -2.50. The van der Waals surface area contributed by atoms with Crippen LogP contribution in [-0.4, -0.2) is 59.6 Å². The van der Waals surface area contributed by atoms with Crippen molar-refractivity contribution in [2.75, 3.05) is 13.1 Å². The Bertz CT molecular complexity index is 674. The van der Waals surface area contributed by atoms with Crippen LogP contribution in [0.25, 0.3) is 0 Å². The summed E-state index contributed by atoms with van der Waals surface area (Å²) in [5, 5.41) is 19.9. The number of aromatic nitrogens is 5. The van der Waals surface area contributed by atoms with Gasteiger partial charge in [-0.15, -0.1) is 10.2 Å². The fourth-order valence-electron chi connectivity index (χ4n) is 1.91. The molecule has 10 heteroatoms. The van der Waals surface area contributed by atoms with Crippen LogP contribution in [0.5, 0.6) is 0 Å². The van der Waals surface area contributed by atoms with Crippen LogP contribution in [0.4, 0.5) is 0 Å². The van der Waals surface area contributed by atoms with E-state index in [-0.39, 0.29) is 17.6 Å². The molecule has 0 aromatic carbocycles. The van der Waals surface area contributed by atoms with E-state index in [1.54, 1.807) is 11.8 Å². The maximum atomic E-state index is 12.1. The lowest BCUT2D eigenvalue weighted by Gasteiger charge is -2.38. The number of likely N-dealkylation sites (tertiary alicyclic amines) is 1. The lowest BCUT2D eigenvalue weighted by molar-refractivity contribution is 0.0501. The first-order chi connectivity index (χ1) is 9.56. The summed E-state index contributed by atoms with van der Waals surface area (Å²) in [6, 6.07) is -0.0410. The SMILES string of the molecule is Cc1nnsc1C(=O)N1CC(n2cc(C(=O)O)nn2)C1. The molecule has 2 aromatic rings. The molecule has 0 unspecified atom stereocenters. The zero-order valence-electron chi connectivity index (χ0n) is 10.4. The number of carboxylic acid groups (broad SMARTS) is 1. The van der Waals surface area contributed by atoms with Crippen molar-refractivity contribution >= 4 is 23.4 Å². The fourth-order valence-corrected chi connectivity index (χ4v) is 2.54. The fraction of sp³-hybridized carbons (Fsp3) is 0.400. The molecule has 1 fully saturated rings. The highest BCUT2D eigenvalue weighted by Crippen LogP contribution is 2.24. The van der Waals surface area contributed by atoms with Gasteiger partial charge in [-0.25, -0.2) is 9.48 Å². The van der Waals surface area contributed by atoms with E-state index in [1.807, 2.05) is 0 Å². The molecule has 3 heterocycles. The molecule has 0 spiro atoms. The lowest BCUT2D eigenvalue weighted by atomic mass is 10.1. The highest BCUT2D eigenvalue weighted by molar-refractivity contribution is 7.07. The normalized spacial score (nSPS) is 15.2. The molecule has 1 amide bonds. The average molecular weight is 294 g/mol. The first-order valence-electron chi connectivity index (χ1n) is 5.79. The standard InChI is InChI=1S/C10H10N6O3S/c1-5-8(20-14-11-5)9(17)15-2-6(3-15)16-4-7(10(18)19)12-13-16/h4,6H,2-3H2,1H3,(H,18,19). The van der Waals surface area contributed by atoms with E-state index in [1.165, 1.54) is 10.9 Å². The van der Waals surface area contributed by atoms with Gasteiger partial charge in [0, 0.05) is 13.1 Å². The number of nitrogens with zero attached hydrogens (tertiary/aromatic N) is 6. The molecule has 20 heavy (non-hydrogen) atoms. The van der Waals surface area contributed by atoms with Crippen LogP contribution in [0, 0.1) is 6.92 Å². The summed E-state index contributed by atoms with van der Waals surface area (Å²) < 4.78 is 5.21. The van der Waals surface area contributed by atoms with E-state index in [0.717, 1.165) is 11.5 Å². The minimum absolute atomic E-state index is 0.0410. The second-order valence-electron chi connectivity index (χ2n) is 4.44. The largest absolute Gasteiger partial charge is 0.476 e. The van der Waals surface area contributed by atoms with Gasteiger partial charge >= 0.3 is 5.97 Å². The summed E-state index contributed by atoms with van der Waals surface area (Å²) >= 11 is 1.08. The monoisotopic (exact) mass is 294 g/mol. The molecule has 1 N–H and O–H groups in total. The Labute approximate surface area is 117 Å². The second-order valence-corrected chi connectivity index (χ2v) is 5.19. The summed E-state index contributed by atoms with van der Waals surface area (Å²) in [5.41, 5.74) is 0.523. The van der Waals surface area contributed by atoms with Crippen molar-refractivity contribution in [3.63, 3.8) is 0 Å². The van der Waals surface area contributed by atoms with E-state index in [9.17, 15) is 9.59 Å². The molecule has 0 radical (unpaired) electrons. The molecular weight excluding hydrogens is 284 g/mol. The van der Waals surface area contributed by atoms with Crippen molar-refractivity contribution in [3.05, 3.63) is 22.5 Å². The first-order valence-corrected chi connectivity index (χ1v) is 6.57. The van der Waals surface area contributed by atoms with Gasteiger partial charge in [0.2, 0.25) is 0 Å². The van der Waals surface area contributed by atoms with Crippen molar-refractivity contribution in [3.8, 4) is 0 Å². The van der Waals surface area contributed by atoms with Gasteiger partial charge in [0.1, 0.15) is 4.88 Å². The Balaban J connectivity index is 1.65. The van der Waals surface area contributed by atoms with Gasteiger partial charge in [0.05, 0.1) is 17.9 Å². The molecule has 1 aliphatic heterocycles. The van der Waals surface area contributed by atoms with E-state index >= 15 is 0 Å². The minimum atomic E-state index is -1.12. The summed E-state index contributed by atoms with van der Waals surface area (Å²) in [7, 11) is 0. The predicted molar refractivity (Wildman–Crippen MR) is 66.6 cm³/mol. The Hall–Kier alpha value is -2.36. The summed E-state index contributed by atoms with van der Waals surface area (Å²) in [6.45, 7) is 2.68. The number of aryl methyl sites for hydroxylation is 1. The predicted octanol–water partition coefficient (Wildman–Crippen LogP) is -0.167. The van der Waals surface area contributed by atoms with Gasteiger partial charge in [-0.3, -0.25) is 4.79 Å². The van der Waals surface area contributed by atoms with Crippen LogP contribution in [0.15, 0.2) is 6.20 Å². The van der Waals surface area contributed by atoms with Gasteiger partial charge < -0.3 is 10.0 Å². The number of rotatable bonds is 3. The van der Waals surface area contributed by atoms with Gasteiger partial charge in [0.15, 0.2) is 5.69 Å². The highest BCUT2D eigenvalue weighted by atomic mass is 32.1. The zero-order valence-corrected chi connectivity index (χ0v) is 11.2. The molecule has 0 aliphatic carbocycles. The molecule has 0 atom stereocenters. The van der Waals surface area contributed by atoms with E-state index in [0.29, 0.717) is 23.7 Å². The van der Waals surface area contributed by atoms with Crippen LogP contribution < -0.4 is 0 Å². The van der Waals surface area contributed by atoms with E-state index < -0.39 is 5.97 Å². The van der Waals surface area contributed by atoms with Gasteiger partial charge in [-0.2, -0.15) is 0 Å². The summed E-state index contributed by atoms with van der Waals surface area (Å²) in [4.78, 5) is 25.0. The zero-order chi connectivity index (χ0) is 14.3. The van der Waals surface area contributed by atoms with Crippen LogP contribution >= 0.6 is 11.5 Å². The molecule has 2 aromatic heterocycles. The third-order valence-corrected chi connectivity index (χ3v) is 3.91. The maximum absolute atomic E-state index is 12.1. The van der Waals surface area contributed by atoms with Crippen LogP contribution in [-0.2, 0) is 0 Å². The molecule has 3 rings (SSSR count). The number of amides is 1. The van der Waals surface area contributed by atoms with Crippen LogP contribution in [0.2, 0.25) is 0 Å². The Morgan fingerprint density at radius 3 is 2.70 bits per heavy atom. The molecule has 9 nitrogen and oxygen atoms in total. The average Bonchev–Trinajstić information content (AvgIpc) is 2.95. The van der Waals surface area contributed by atoms with Gasteiger partial charge in [0.25, 0.3) is 5.91 Å². The Morgan fingerprint density at radius 1 is 1.40 bits per heavy atom. The van der Waals surface area contributed by atoms with Crippen LogP contribution in [0.1, 0.15) is 31.9 Å². The second kappa shape index (κ2) is 4.63. The molecule has 1 saturated heterocycles. The maximum Gasteiger partial charge on any atom is 0.358 e. The van der Waals surface area contributed by atoms with E-state index in [4.69, 9.17) is 5.11 Å². The number of aromatic carboxylic acids is 1. The summed E-state index contributed by atoms with van der Waals surface area (Å²) in [6.07, 6.45) is 1.37. The number of carbonyl (C=O) groups is 2. The summed E-state index contributed by atoms with van der Waals surface area (Å²) in [5.74, 6) is -1.22. The molecule has 0 bridgehead atoms. The third-order valence-electron chi connectivity index (χ3n) is 3.10. The number of hydrogen-bond acceptors (Lipinski definition) is 7. The van der Waals surface area contributed by atoms with Crippen molar-refractivity contribution in [1.29, 1.82) is 0 Å². The van der Waals surface area contributed by atoms with E-state index in [2.05, 4.69) is 19.9 Å². The van der Waals surface area contributed by atoms with Crippen molar-refractivity contribution in [1.82, 2.24) is 29.5 Å². The van der Waals surface area contributed by atoms with Crippen LogP contribution in [0.3, 0.4) is 0 Å². The third kappa shape index (κ3) is 2.03. The minimum Gasteiger partial charge on any atom is -0.476 e. The Kier molecular flexibility index (Phi) is 2.93. The van der Waals surface area contributed by atoms with Crippen molar-refractivity contribution in [2.45, 2.75) is 13.0 Å². The van der Waals surface area contributed by atoms with Gasteiger partial charge in [-0.1, -0.05) is 9.70 Å². The molecule has 0 saturated carbocycles. The van der Waals surface area contributed by atoms with Gasteiger partial charge in [-0.05, 0) is 18.5 Å². The van der Waals surface area contributed by atoms with Crippen molar-refractivity contribution < 1.29 is 14.7 Å². The quantitative estimate of drug-likeness (QED) is 0.836. The Morgan fingerprint density at radius 2 is 2.15 bits per heavy atom. The number of carboxylic acids is 1. The molecular formula is C10H10N6O3S. The number of carbonyl (C=O) groups excluding carboxylic acids is 1. The first kappa shape index (κ1) is 12.7. The molecule has 104 valence electrons. The van der Waals surface area contributed by atoms with Crippen molar-refractivity contribution in [2.24, 2.45) is 0 Å². The topological polar surface area (TPSA) is 114 Å². The smallest absolute Gasteiger partial charge is 0.358 e.